The molecular weight excluding hydrogens is 376 g/mol. The Kier molecular flexibility index (Phi) is 6.17. The summed E-state index contributed by atoms with van der Waals surface area (Å²) in [5, 5.41) is 0. The van der Waals surface area contributed by atoms with Gasteiger partial charge in [0.2, 0.25) is 10.0 Å². The van der Waals surface area contributed by atoms with E-state index in [1.54, 1.807) is 17.0 Å². The lowest BCUT2D eigenvalue weighted by Crippen LogP contribution is -2.48. The van der Waals surface area contributed by atoms with E-state index < -0.39 is 10.0 Å². The Bertz CT molecular complexity index is 920. The Morgan fingerprint density at radius 1 is 1.07 bits per heavy atom. The average Bonchev–Trinajstić information content (AvgIpc) is 2.68. The number of carbonyl (C=O) groups excluding carboxylic acids is 1. The lowest BCUT2D eigenvalue weighted by molar-refractivity contribution is -0.0440. The topological polar surface area (TPSA) is 66.9 Å². The van der Waals surface area contributed by atoms with Crippen molar-refractivity contribution in [3.05, 3.63) is 60.2 Å². The van der Waals surface area contributed by atoms with Gasteiger partial charge in [0, 0.05) is 30.9 Å². The second-order valence-electron chi connectivity index (χ2n) is 6.99. The largest absolute Gasteiger partial charge is 0.373 e. The Labute approximate surface area is 166 Å². The number of amides is 1. The van der Waals surface area contributed by atoms with E-state index in [1.807, 2.05) is 51.1 Å². The third kappa shape index (κ3) is 4.27. The normalized spacial score (nSPS) is 20.7. The maximum Gasteiger partial charge on any atom is 0.258 e. The van der Waals surface area contributed by atoms with Crippen molar-refractivity contribution >= 4 is 21.6 Å². The highest BCUT2D eigenvalue weighted by Crippen LogP contribution is 2.23. The molecule has 1 heterocycles. The molecule has 0 unspecified atom stereocenters. The van der Waals surface area contributed by atoms with Crippen molar-refractivity contribution in [3.8, 4) is 0 Å². The van der Waals surface area contributed by atoms with Gasteiger partial charge in [-0.1, -0.05) is 24.3 Å². The highest BCUT2D eigenvalue weighted by molar-refractivity contribution is 7.89. The number of anilines is 1. The molecule has 2 aromatic rings. The summed E-state index contributed by atoms with van der Waals surface area (Å²) in [4.78, 5) is 14.8. The molecule has 1 aliphatic heterocycles. The van der Waals surface area contributed by atoms with Crippen LogP contribution in [-0.2, 0) is 14.8 Å². The highest BCUT2D eigenvalue weighted by Gasteiger charge is 2.32. The van der Waals surface area contributed by atoms with Gasteiger partial charge in [-0.25, -0.2) is 8.42 Å². The number of para-hydroxylation sites is 1. The molecule has 0 aromatic heterocycles. The number of morpholine rings is 1. The Balaban J connectivity index is 1.90. The van der Waals surface area contributed by atoms with Crippen LogP contribution in [-0.4, -0.2) is 50.5 Å². The van der Waals surface area contributed by atoms with E-state index >= 15 is 0 Å². The molecule has 6 nitrogen and oxygen atoms in total. The summed E-state index contributed by atoms with van der Waals surface area (Å²) < 4.78 is 33.3. The molecule has 1 saturated heterocycles. The van der Waals surface area contributed by atoms with Crippen LogP contribution in [0.3, 0.4) is 0 Å². The van der Waals surface area contributed by atoms with Crippen molar-refractivity contribution in [1.82, 2.24) is 4.31 Å². The van der Waals surface area contributed by atoms with Crippen molar-refractivity contribution in [1.29, 1.82) is 0 Å². The molecule has 3 rings (SSSR count). The summed E-state index contributed by atoms with van der Waals surface area (Å²) in [5.74, 6) is -0.227. The summed E-state index contributed by atoms with van der Waals surface area (Å²) >= 11 is 0. The number of rotatable bonds is 5. The molecule has 1 amide bonds. The number of hydrogen-bond acceptors (Lipinski definition) is 4. The van der Waals surface area contributed by atoms with Crippen LogP contribution in [0.15, 0.2) is 59.5 Å². The van der Waals surface area contributed by atoms with E-state index in [0.717, 1.165) is 5.69 Å². The first-order chi connectivity index (χ1) is 13.3. The second-order valence-corrected chi connectivity index (χ2v) is 8.93. The maximum absolute atomic E-state index is 13.1. The zero-order chi connectivity index (χ0) is 20.3. The van der Waals surface area contributed by atoms with Crippen LogP contribution >= 0.6 is 0 Å². The summed E-state index contributed by atoms with van der Waals surface area (Å²) in [6.45, 7) is 6.69. The van der Waals surface area contributed by atoms with Crippen molar-refractivity contribution in [2.45, 2.75) is 37.9 Å². The van der Waals surface area contributed by atoms with E-state index in [1.165, 1.54) is 16.4 Å². The molecule has 0 spiro atoms. The maximum atomic E-state index is 13.1. The summed E-state index contributed by atoms with van der Waals surface area (Å²) in [7, 11) is -3.70. The predicted octanol–water partition coefficient (Wildman–Crippen LogP) is 3.15. The van der Waals surface area contributed by atoms with Gasteiger partial charge >= 0.3 is 0 Å². The molecule has 7 heteroatoms. The molecule has 0 saturated carbocycles. The first kappa shape index (κ1) is 20.5. The molecule has 2 aromatic carbocycles. The minimum absolute atomic E-state index is 0.128. The van der Waals surface area contributed by atoms with Gasteiger partial charge in [-0.3, -0.25) is 4.79 Å². The number of carbonyl (C=O) groups is 1. The van der Waals surface area contributed by atoms with Crippen molar-refractivity contribution in [2.75, 3.05) is 24.5 Å². The van der Waals surface area contributed by atoms with Crippen LogP contribution in [0.1, 0.15) is 31.1 Å². The average molecular weight is 403 g/mol. The summed E-state index contributed by atoms with van der Waals surface area (Å²) in [5.41, 5.74) is 1.13. The summed E-state index contributed by atoms with van der Waals surface area (Å²) in [6, 6.07) is 15.6. The van der Waals surface area contributed by atoms with Gasteiger partial charge in [0.25, 0.3) is 5.91 Å². The predicted molar refractivity (Wildman–Crippen MR) is 109 cm³/mol. The van der Waals surface area contributed by atoms with Crippen molar-refractivity contribution in [3.63, 3.8) is 0 Å². The zero-order valence-corrected chi connectivity index (χ0v) is 17.2. The van der Waals surface area contributed by atoms with Gasteiger partial charge < -0.3 is 9.64 Å². The number of hydrogen-bond donors (Lipinski definition) is 0. The molecule has 2 atom stereocenters. The highest BCUT2D eigenvalue weighted by atomic mass is 32.2. The third-order valence-corrected chi connectivity index (χ3v) is 6.56. The molecular formula is C21H26N2O4S. The van der Waals surface area contributed by atoms with Gasteiger partial charge in [-0.2, -0.15) is 4.31 Å². The van der Waals surface area contributed by atoms with E-state index in [2.05, 4.69) is 0 Å². The molecule has 150 valence electrons. The van der Waals surface area contributed by atoms with Crippen LogP contribution in [0.25, 0.3) is 0 Å². The van der Waals surface area contributed by atoms with Crippen molar-refractivity contribution in [2.24, 2.45) is 0 Å². The first-order valence-corrected chi connectivity index (χ1v) is 10.9. The minimum atomic E-state index is -3.70. The number of ether oxygens (including phenoxy) is 1. The third-order valence-electron chi connectivity index (χ3n) is 4.73. The number of sulfonamides is 1. The molecule has 1 fully saturated rings. The van der Waals surface area contributed by atoms with Gasteiger partial charge in [-0.15, -0.1) is 0 Å². The van der Waals surface area contributed by atoms with Crippen LogP contribution in [0.5, 0.6) is 0 Å². The van der Waals surface area contributed by atoms with E-state index in [-0.39, 0.29) is 23.0 Å². The fourth-order valence-corrected chi connectivity index (χ4v) is 5.11. The Morgan fingerprint density at radius 2 is 1.71 bits per heavy atom. The van der Waals surface area contributed by atoms with E-state index in [4.69, 9.17) is 4.74 Å². The molecule has 28 heavy (non-hydrogen) atoms. The van der Waals surface area contributed by atoms with E-state index in [9.17, 15) is 13.2 Å². The van der Waals surface area contributed by atoms with Gasteiger partial charge in [-0.05, 0) is 51.1 Å². The number of nitrogens with zero attached hydrogens (tertiary/aromatic N) is 2. The SMILES string of the molecule is CCN(C(=O)c1cccc(S(=O)(=O)N2C[C@H](C)O[C@@H](C)C2)c1)c1ccccc1. The molecule has 0 aliphatic carbocycles. The number of benzene rings is 2. The molecule has 1 aliphatic rings. The molecule has 0 N–H and O–H groups in total. The van der Waals surface area contributed by atoms with E-state index in [0.29, 0.717) is 25.2 Å². The van der Waals surface area contributed by atoms with Crippen LogP contribution in [0.2, 0.25) is 0 Å². The van der Waals surface area contributed by atoms with Gasteiger partial charge in [0.15, 0.2) is 0 Å². The fraction of sp³-hybridized carbons (Fsp3) is 0.381. The Morgan fingerprint density at radius 3 is 2.32 bits per heavy atom. The second kappa shape index (κ2) is 8.43. The lowest BCUT2D eigenvalue weighted by Gasteiger charge is -2.34. The zero-order valence-electron chi connectivity index (χ0n) is 16.4. The Hall–Kier alpha value is -2.22. The standard InChI is InChI=1S/C21H26N2O4S/c1-4-23(19-10-6-5-7-11-19)21(24)18-9-8-12-20(13-18)28(25,26)22-14-16(2)27-17(3)15-22/h5-13,16-17H,4,14-15H2,1-3H3/t16-,17-/m0/s1. The van der Waals surface area contributed by atoms with Gasteiger partial charge in [0.05, 0.1) is 17.1 Å². The minimum Gasteiger partial charge on any atom is -0.373 e. The quantitative estimate of drug-likeness (QED) is 0.771. The fourth-order valence-electron chi connectivity index (χ4n) is 3.47. The monoisotopic (exact) mass is 402 g/mol. The van der Waals surface area contributed by atoms with Crippen LogP contribution in [0, 0.1) is 0 Å². The summed E-state index contributed by atoms with van der Waals surface area (Å²) in [6.07, 6.45) is -0.339. The first-order valence-electron chi connectivity index (χ1n) is 9.45. The van der Waals surface area contributed by atoms with Gasteiger partial charge in [0.1, 0.15) is 0 Å². The molecule has 0 radical (unpaired) electrons. The van der Waals surface area contributed by atoms with Crippen LogP contribution in [0.4, 0.5) is 5.69 Å². The van der Waals surface area contributed by atoms with Crippen molar-refractivity contribution < 1.29 is 17.9 Å². The lowest BCUT2D eigenvalue weighted by atomic mass is 10.2. The smallest absolute Gasteiger partial charge is 0.258 e. The van der Waals surface area contributed by atoms with Crippen LogP contribution < -0.4 is 4.90 Å². The molecule has 0 bridgehead atoms.